The van der Waals surface area contributed by atoms with E-state index in [2.05, 4.69) is 4.72 Å². The molecule has 1 aliphatic rings. The largest absolute Gasteiger partial charge is 0.496 e. The summed E-state index contributed by atoms with van der Waals surface area (Å²) in [7, 11) is -1.93. The third kappa shape index (κ3) is 4.25. The second kappa shape index (κ2) is 7.20. The Labute approximate surface area is 139 Å². The molecule has 0 spiro atoms. The van der Waals surface area contributed by atoms with Gasteiger partial charge in [-0.2, -0.15) is 0 Å². The highest BCUT2D eigenvalue weighted by molar-refractivity contribution is 7.89. The molecule has 3 N–H and O–H groups in total. The summed E-state index contributed by atoms with van der Waals surface area (Å²) in [6, 6.07) is 3.73. The summed E-state index contributed by atoms with van der Waals surface area (Å²) >= 11 is 0. The summed E-state index contributed by atoms with van der Waals surface area (Å²) in [5.74, 6) is 0.923. The second-order valence-corrected chi connectivity index (χ2v) is 8.43. The monoisotopic (exact) mass is 340 g/mol. The number of nitrogens with two attached hydrogens (primary N) is 1. The van der Waals surface area contributed by atoms with Gasteiger partial charge in [-0.1, -0.05) is 13.8 Å². The highest BCUT2D eigenvalue weighted by atomic mass is 32.2. The van der Waals surface area contributed by atoms with E-state index in [1.165, 1.54) is 0 Å². The normalized spacial score (nSPS) is 22.3. The van der Waals surface area contributed by atoms with Gasteiger partial charge in [-0.3, -0.25) is 0 Å². The predicted octanol–water partition coefficient (Wildman–Crippen LogP) is 2.68. The predicted molar refractivity (Wildman–Crippen MR) is 92.4 cm³/mol. The molecule has 130 valence electrons. The number of methoxy groups -OCH3 is 1. The molecule has 0 radical (unpaired) electrons. The minimum absolute atomic E-state index is 0.0243. The van der Waals surface area contributed by atoms with E-state index in [0.29, 0.717) is 10.5 Å². The third-order valence-corrected chi connectivity index (χ3v) is 6.19. The fourth-order valence-corrected chi connectivity index (χ4v) is 4.68. The lowest BCUT2D eigenvalue weighted by Crippen LogP contribution is -2.40. The van der Waals surface area contributed by atoms with Crippen LogP contribution in [0.4, 0.5) is 0 Å². The van der Waals surface area contributed by atoms with Crippen LogP contribution in [0.3, 0.4) is 0 Å². The molecule has 0 atom stereocenters. The lowest BCUT2D eigenvalue weighted by molar-refractivity contribution is 0.373. The Hall–Kier alpha value is -1.11. The Kier molecular flexibility index (Phi) is 5.70. The topological polar surface area (TPSA) is 81.4 Å². The number of aryl methyl sites for hydroxylation is 1. The van der Waals surface area contributed by atoms with Gasteiger partial charge in [0, 0.05) is 12.1 Å². The van der Waals surface area contributed by atoms with E-state index in [-0.39, 0.29) is 18.0 Å². The maximum absolute atomic E-state index is 12.8. The number of sulfonamides is 1. The minimum Gasteiger partial charge on any atom is -0.496 e. The van der Waals surface area contributed by atoms with Crippen molar-refractivity contribution >= 4 is 10.0 Å². The SMILES string of the molecule is COc1cc(C)c(S(=O)(=O)NC2CCC(N)CC2)cc1C(C)C. The van der Waals surface area contributed by atoms with Crippen LogP contribution in [0, 0.1) is 6.92 Å². The lowest BCUT2D eigenvalue weighted by atomic mass is 9.93. The van der Waals surface area contributed by atoms with E-state index in [0.717, 1.165) is 37.0 Å². The van der Waals surface area contributed by atoms with Gasteiger partial charge in [-0.15, -0.1) is 0 Å². The van der Waals surface area contributed by atoms with E-state index in [9.17, 15) is 8.42 Å². The molecule has 0 unspecified atom stereocenters. The molecule has 1 aromatic rings. The summed E-state index contributed by atoms with van der Waals surface area (Å²) < 4.78 is 33.8. The van der Waals surface area contributed by atoms with Gasteiger partial charge in [0.2, 0.25) is 10.0 Å². The molecule has 1 fully saturated rings. The Bertz CT molecular complexity index is 648. The van der Waals surface area contributed by atoms with Gasteiger partial charge in [-0.05, 0) is 61.8 Å². The number of rotatable bonds is 5. The molecular weight excluding hydrogens is 312 g/mol. The fraction of sp³-hybridized carbons (Fsp3) is 0.647. The van der Waals surface area contributed by atoms with E-state index >= 15 is 0 Å². The third-order valence-electron chi connectivity index (χ3n) is 4.53. The van der Waals surface area contributed by atoms with Crippen molar-refractivity contribution < 1.29 is 13.2 Å². The summed E-state index contributed by atoms with van der Waals surface area (Å²) in [4.78, 5) is 0.344. The van der Waals surface area contributed by atoms with Crippen molar-refractivity contribution in [2.24, 2.45) is 5.73 Å². The highest BCUT2D eigenvalue weighted by Gasteiger charge is 2.26. The molecule has 0 amide bonds. The van der Waals surface area contributed by atoms with Gasteiger partial charge < -0.3 is 10.5 Å². The van der Waals surface area contributed by atoms with Gasteiger partial charge in [0.25, 0.3) is 0 Å². The van der Waals surface area contributed by atoms with Crippen molar-refractivity contribution in [3.05, 3.63) is 23.3 Å². The zero-order chi connectivity index (χ0) is 17.2. The van der Waals surface area contributed by atoms with Crippen molar-refractivity contribution in [3.63, 3.8) is 0 Å². The van der Waals surface area contributed by atoms with E-state index in [1.54, 1.807) is 26.2 Å². The van der Waals surface area contributed by atoms with Crippen LogP contribution in [0.2, 0.25) is 0 Å². The molecule has 0 aliphatic heterocycles. The van der Waals surface area contributed by atoms with Crippen LogP contribution in [-0.4, -0.2) is 27.6 Å². The minimum atomic E-state index is -3.54. The number of hydrogen-bond acceptors (Lipinski definition) is 4. The van der Waals surface area contributed by atoms with E-state index in [4.69, 9.17) is 10.5 Å². The molecule has 0 saturated heterocycles. The zero-order valence-corrected chi connectivity index (χ0v) is 15.2. The zero-order valence-electron chi connectivity index (χ0n) is 14.4. The van der Waals surface area contributed by atoms with Gasteiger partial charge in [0.05, 0.1) is 12.0 Å². The Morgan fingerprint density at radius 2 is 1.83 bits per heavy atom. The van der Waals surface area contributed by atoms with Crippen LogP contribution in [0.15, 0.2) is 17.0 Å². The van der Waals surface area contributed by atoms with Crippen LogP contribution in [0.5, 0.6) is 5.75 Å². The molecule has 0 aromatic heterocycles. The molecule has 1 aromatic carbocycles. The first kappa shape index (κ1) is 18.2. The molecular formula is C17H28N2O3S. The summed E-state index contributed by atoms with van der Waals surface area (Å²) in [6.07, 6.45) is 3.33. The lowest BCUT2D eigenvalue weighted by Gasteiger charge is -2.27. The Balaban J connectivity index is 2.30. The number of nitrogens with one attached hydrogen (secondary N) is 1. The van der Waals surface area contributed by atoms with Crippen LogP contribution in [-0.2, 0) is 10.0 Å². The second-order valence-electron chi connectivity index (χ2n) is 6.75. The summed E-state index contributed by atoms with van der Waals surface area (Å²) in [5.41, 5.74) is 7.50. The van der Waals surface area contributed by atoms with Gasteiger partial charge in [0.1, 0.15) is 5.75 Å². The van der Waals surface area contributed by atoms with E-state index in [1.807, 2.05) is 13.8 Å². The van der Waals surface area contributed by atoms with Crippen molar-refractivity contribution in [1.29, 1.82) is 0 Å². The van der Waals surface area contributed by atoms with Crippen LogP contribution in [0.25, 0.3) is 0 Å². The number of benzene rings is 1. The Morgan fingerprint density at radius 1 is 1.22 bits per heavy atom. The quantitative estimate of drug-likeness (QED) is 0.863. The van der Waals surface area contributed by atoms with Crippen molar-refractivity contribution in [2.45, 2.75) is 69.4 Å². The fourth-order valence-electron chi connectivity index (χ4n) is 3.11. The van der Waals surface area contributed by atoms with Crippen molar-refractivity contribution in [1.82, 2.24) is 4.72 Å². The molecule has 6 heteroatoms. The summed E-state index contributed by atoms with van der Waals surface area (Å²) in [5, 5.41) is 0. The van der Waals surface area contributed by atoms with Crippen LogP contribution in [0.1, 0.15) is 56.6 Å². The van der Waals surface area contributed by atoms with Crippen LogP contribution < -0.4 is 15.2 Å². The molecule has 2 rings (SSSR count). The average Bonchev–Trinajstić information content (AvgIpc) is 2.48. The number of ether oxygens (including phenoxy) is 1. The van der Waals surface area contributed by atoms with Gasteiger partial charge >= 0.3 is 0 Å². The van der Waals surface area contributed by atoms with Crippen LogP contribution >= 0.6 is 0 Å². The molecule has 5 nitrogen and oxygen atoms in total. The van der Waals surface area contributed by atoms with Gasteiger partial charge in [0.15, 0.2) is 0 Å². The molecule has 23 heavy (non-hydrogen) atoms. The van der Waals surface area contributed by atoms with Gasteiger partial charge in [-0.25, -0.2) is 13.1 Å². The number of hydrogen-bond donors (Lipinski definition) is 2. The Morgan fingerprint density at radius 3 is 2.35 bits per heavy atom. The smallest absolute Gasteiger partial charge is 0.241 e. The maximum Gasteiger partial charge on any atom is 0.241 e. The maximum atomic E-state index is 12.8. The molecule has 0 heterocycles. The van der Waals surface area contributed by atoms with Crippen molar-refractivity contribution in [3.8, 4) is 5.75 Å². The first-order chi connectivity index (χ1) is 10.7. The first-order valence-corrected chi connectivity index (χ1v) is 9.69. The first-order valence-electron chi connectivity index (χ1n) is 8.21. The standard InChI is InChI=1S/C17H28N2O3S/c1-11(2)15-10-17(12(3)9-16(15)22-4)23(20,21)19-14-7-5-13(18)6-8-14/h9-11,13-14,19H,5-8,18H2,1-4H3. The average molecular weight is 340 g/mol. The molecule has 0 bridgehead atoms. The highest BCUT2D eigenvalue weighted by Crippen LogP contribution is 2.32. The molecule has 1 saturated carbocycles. The van der Waals surface area contributed by atoms with E-state index < -0.39 is 10.0 Å². The molecule has 1 aliphatic carbocycles. The van der Waals surface area contributed by atoms with Crippen molar-refractivity contribution in [2.75, 3.05) is 7.11 Å². The summed E-state index contributed by atoms with van der Waals surface area (Å²) in [6.45, 7) is 5.86.